The van der Waals surface area contributed by atoms with Crippen molar-refractivity contribution in [3.05, 3.63) is 59.7 Å². The van der Waals surface area contributed by atoms with Gasteiger partial charge in [-0.2, -0.15) is 12.6 Å². The molecule has 0 saturated carbocycles. The van der Waals surface area contributed by atoms with Gasteiger partial charge in [0.05, 0.1) is 0 Å². The maximum atomic E-state index is 12.9. The Kier molecular flexibility index (Phi) is 4.39. The van der Waals surface area contributed by atoms with Gasteiger partial charge in [0.15, 0.2) is 0 Å². The smallest absolute Gasteiger partial charge is 0.410 e. The summed E-state index contributed by atoms with van der Waals surface area (Å²) in [6, 6.07) is 17.6. The average Bonchev–Trinajstić information content (AvgIpc) is 3.17. The lowest BCUT2D eigenvalue weighted by atomic mass is 9.92. The van der Waals surface area contributed by atoms with Crippen LogP contribution < -0.4 is 0 Å². The summed E-state index contributed by atoms with van der Waals surface area (Å²) < 4.78 is 5.90. The second kappa shape index (κ2) is 6.90. The fourth-order valence-corrected chi connectivity index (χ4v) is 5.70. The zero-order valence-corrected chi connectivity index (χ0v) is 16.3. The van der Waals surface area contributed by atoms with Crippen LogP contribution in [0.25, 0.3) is 11.1 Å². The monoisotopic (exact) mass is 379 g/mol. The molecule has 2 aliphatic heterocycles. The van der Waals surface area contributed by atoms with E-state index in [0.29, 0.717) is 24.6 Å². The van der Waals surface area contributed by atoms with E-state index in [4.69, 9.17) is 4.74 Å². The fourth-order valence-electron chi connectivity index (χ4n) is 5.41. The first-order valence-corrected chi connectivity index (χ1v) is 10.6. The predicted molar refractivity (Wildman–Crippen MR) is 110 cm³/mol. The van der Waals surface area contributed by atoms with Crippen LogP contribution in [-0.4, -0.2) is 35.4 Å². The van der Waals surface area contributed by atoms with E-state index in [1.165, 1.54) is 22.3 Å². The molecule has 2 heterocycles. The Morgan fingerprint density at radius 3 is 2.07 bits per heavy atom. The van der Waals surface area contributed by atoms with Gasteiger partial charge in [-0.1, -0.05) is 48.5 Å². The quantitative estimate of drug-likeness (QED) is 0.751. The van der Waals surface area contributed by atoms with E-state index in [1.807, 2.05) is 4.90 Å². The standard InChI is InChI=1S/C23H25NO2S/c25-23(24-16-9-10-17(24)12-15(11-16)14-27)26-13-22-20-7-3-1-5-18(20)19-6-2-4-8-21(19)22/h1-8,15-17,22,27H,9-14H2. The zero-order valence-electron chi connectivity index (χ0n) is 15.4. The van der Waals surface area contributed by atoms with Crippen LogP contribution in [0.15, 0.2) is 48.5 Å². The first-order chi connectivity index (χ1) is 13.3. The number of hydrogen-bond acceptors (Lipinski definition) is 3. The Labute approximate surface area is 166 Å². The topological polar surface area (TPSA) is 29.5 Å². The minimum absolute atomic E-state index is 0.123. The number of thiol groups is 1. The second-order valence-electron chi connectivity index (χ2n) is 8.12. The molecule has 140 valence electrons. The number of benzene rings is 2. The number of ether oxygens (including phenoxy) is 1. The van der Waals surface area contributed by atoms with E-state index in [0.717, 1.165) is 31.4 Å². The molecule has 2 aromatic rings. The lowest BCUT2D eigenvalue weighted by Gasteiger charge is -2.37. The Balaban J connectivity index is 1.33. The average molecular weight is 380 g/mol. The molecule has 2 fully saturated rings. The fraction of sp³-hybridized carbons (Fsp3) is 0.435. The van der Waals surface area contributed by atoms with Gasteiger partial charge >= 0.3 is 6.09 Å². The Morgan fingerprint density at radius 2 is 1.52 bits per heavy atom. The van der Waals surface area contributed by atoms with Gasteiger partial charge in [-0.3, -0.25) is 0 Å². The molecule has 4 heteroatoms. The lowest BCUT2D eigenvalue weighted by Crippen LogP contribution is -2.47. The summed E-state index contributed by atoms with van der Waals surface area (Å²) in [5, 5.41) is 0. The van der Waals surface area contributed by atoms with Crippen LogP contribution in [-0.2, 0) is 4.74 Å². The Morgan fingerprint density at radius 1 is 0.963 bits per heavy atom. The second-order valence-corrected chi connectivity index (χ2v) is 8.48. The summed E-state index contributed by atoms with van der Waals surface area (Å²) in [4.78, 5) is 15.0. The first kappa shape index (κ1) is 17.2. The predicted octanol–water partition coefficient (Wildman–Crippen LogP) is 5.11. The summed E-state index contributed by atoms with van der Waals surface area (Å²) >= 11 is 4.47. The molecular weight excluding hydrogens is 354 g/mol. The third-order valence-electron chi connectivity index (χ3n) is 6.64. The number of carbonyl (C=O) groups is 1. The molecule has 0 aromatic heterocycles. The van der Waals surface area contributed by atoms with Crippen LogP contribution in [0.3, 0.4) is 0 Å². The highest BCUT2D eigenvalue weighted by molar-refractivity contribution is 7.80. The maximum absolute atomic E-state index is 12.9. The number of hydrogen-bond donors (Lipinski definition) is 1. The summed E-state index contributed by atoms with van der Waals surface area (Å²) in [5.74, 6) is 1.70. The van der Waals surface area contributed by atoms with E-state index in [2.05, 4.69) is 61.2 Å². The SMILES string of the molecule is O=C(OCC1c2ccccc2-c2ccccc21)N1C2CCC1CC(CS)C2. The Hall–Kier alpha value is -1.94. The molecule has 0 N–H and O–H groups in total. The molecule has 1 aliphatic carbocycles. The van der Waals surface area contributed by atoms with Crippen molar-refractivity contribution in [2.45, 2.75) is 43.7 Å². The highest BCUT2D eigenvalue weighted by Crippen LogP contribution is 2.45. The number of amides is 1. The molecule has 27 heavy (non-hydrogen) atoms. The zero-order chi connectivity index (χ0) is 18.4. The molecule has 5 rings (SSSR count). The van der Waals surface area contributed by atoms with Gasteiger partial charge in [0.2, 0.25) is 0 Å². The van der Waals surface area contributed by atoms with Crippen LogP contribution in [0.5, 0.6) is 0 Å². The van der Waals surface area contributed by atoms with Gasteiger partial charge in [-0.15, -0.1) is 0 Å². The van der Waals surface area contributed by atoms with Gasteiger partial charge in [-0.25, -0.2) is 4.79 Å². The summed E-state index contributed by atoms with van der Waals surface area (Å²) in [6.45, 7) is 0.415. The number of piperidine rings is 1. The molecular formula is C23H25NO2S. The molecule has 0 radical (unpaired) electrons. The summed E-state index contributed by atoms with van der Waals surface area (Å²) in [6.07, 6.45) is 4.24. The molecule has 2 unspecified atom stereocenters. The van der Waals surface area contributed by atoms with Gasteiger partial charge in [0.1, 0.15) is 6.61 Å². The van der Waals surface area contributed by atoms with E-state index in [1.54, 1.807) is 0 Å². The molecule has 2 atom stereocenters. The summed E-state index contributed by atoms with van der Waals surface area (Å²) in [5.41, 5.74) is 5.07. The highest BCUT2D eigenvalue weighted by atomic mass is 32.1. The molecule has 2 aromatic carbocycles. The first-order valence-electron chi connectivity index (χ1n) is 10.0. The van der Waals surface area contributed by atoms with Gasteiger partial charge in [0.25, 0.3) is 0 Å². The van der Waals surface area contributed by atoms with Crippen molar-refractivity contribution in [3.8, 4) is 11.1 Å². The Bertz CT molecular complexity index is 807. The van der Waals surface area contributed by atoms with Crippen molar-refractivity contribution in [1.82, 2.24) is 4.90 Å². The minimum atomic E-state index is -0.123. The van der Waals surface area contributed by atoms with E-state index in [9.17, 15) is 4.79 Å². The lowest BCUT2D eigenvalue weighted by molar-refractivity contribution is 0.0587. The van der Waals surface area contributed by atoms with Crippen LogP contribution in [0.1, 0.15) is 42.7 Å². The van der Waals surface area contributed by atoms with E-state index >= 15 is 0 Å². The largest absolute Gasteiger partial charge is 0.448 e. The number of carbonyl (C=O) groups excluding carboxylic acids is 1. The molecule has 3 aliphatic rings. The van der Waals surface area contributed by atoms with Crippen molar-refractivity contribution >= 4 is 18.7 Å². The maximum Gasteiger partial charge on any atom is 0.410 e. The van der Waals surface area contributed by atoms with Crippen LogP contribution in [0.2, 0.25) is 0 Å². The summed E-state index contributed by atoms with van der Waals surface area (Å²) in [7, 11) is 0. The van der Waals surface area contributed by atoms with E-state index < -0.39 is 0 Å². The van der Waals surface area contributed by atoms with Crippen molar-refractivity contribution in [1.29, 1.82) is 0 Å². The van der Waals surface area contributed by atoms with Crippen LogP contribution in [0.4, 0.5) is 4.79 Å². The van der Waals surface area contributed by atoms with Crippen LogP contribution >= 0.6 is 12.6 Å². The molecule has 1 amide bonds. The van der Waals surface area contributed by atoms with E-state index in [-0.39, 0.29) is 12.0 Å². The van der Waals surface area contributed by atoms with Crippen LogP contribution in [0, 0.1) is 5.92 Å². The minimum Gasteiger partial charge on any atom is -0.448 e. The number of nitrogens with zero attached hydrogens (tertiary/aromatic N) is 1. The third-order valence-corrected chi connectivity index (χ3v) is 7.15. The molecule has 0 spiro atoms. The van der Waals surface area contributed by atoms with Gasteiger partial charge in [-0.05, 0) is 59.6 Å². The normalized spacial score (nSPS) is 26.0. The molecule has 2 bridgehead atoms. The van der Waals surface area contributed by atoms with Crippen molar-refractivity contribution < 1.29 is 9.53 Å². The third kappa shape index (κ3) is 2.85. The van der Waals surface area contributed by atoms with Crippen molar-refractivity contribution in [3.63, 3.8) is 0 Å². The number of fused-ring (bicyclic) bond motifs is 5. The highest BCUT2D eigenvalue weighted by Gasteiger charge is 2.44. The van der Waals surface area contributed by atoms with Crippen molar-refractivity contribution in [2.24, 2.45) is 5.92 Å². The van der Waals surface area contributed by atoms with Gasteiger partial charge < -0.3 is 9.64 Å². The van der Waals surface area contributed by atoms with Gasteiger partial charge in [0, 0.05) is 18.0 Å². The molecule has 2 saturated heterocycles. The molecule has 3 nitrogen and oxygen atoms in total. The van der Waals surface area contributed by atoms with Crippen molar-refractivity contribution in [2.75, 3.05) is 12.4 Å². The number of rotatable bonds is 3.